The molecule has 0 bridgehead atoms. The fourth-order valence-electron chi connectivity index (χ4n) is 3.15. The van der Waals surface area contributed by atoms with E-state index in [2.05, 4.69) is 15.5 Å². The lowest BCUT2D eigenvalue weighted by molar-refractivity contribution is -0.132. The van der Waals surface area contributed by atoms with Crippen LogP contribution >= 0.6 is 11.6 Å². The van der Waals surface area contributed by atoms with E-state index in [0.29, 0.717) is 29.6 Å². The normalized spacial score (nSPS) is 10.8. The maximum Gasteiger partial charge on any atom is 0.254 e. The highest BCUT2D eigenvalue weighted by atomic mass is 35.5. The number of hydrogen-bond donors (Lipinski definition) is 1. The molecule has 3 rings (SSSR count). The number of carbonyl (C=O) groups is 2. The molecule has 0 atom stereocenters. The predicted molar refractivity (Wildman–Crippen MR) is 118 cm³/mol. The maximum absolute atomic E-state index is 13.7. The number of amides is 2. The highest BCUT2D eigenvalue weighted by molar-refractivity contribution is 6.33. The molecule has 174 valence electrons. The lowest BCUT2D eigenvalue weighted by Gasteiger charge is -2.20. The van der Waals surface area contributed by atoms with Gasteiger partial charge in [0, 0.05) is 25.6 Å². The Labute approximate surface area is 194 Å². The van der Waals surface area contributed by atoms with Crippen molar-refractivity contribution in [1.82, 2.24) is 20.4 Å². The summed E-state index contributed by atoms with van der Waals surface area (Å²) in [5.74, 6) is -1.94. The summed E-state index contributed by atoms with van der Waals surface area (Å²) in [7, 11) is 0. The Morgan fingerprint density at radius 2 is 1.94 bits per heavy atom. The van der Waals surface area contributed by atoms with E-state index in [1.165, 1.54) is 0 Å². The van der Waals surface area contributed by atoms with E-state index in [0.717, 1.165) is 18.6 Å². The summed E-state index contributed by atoms with van der Waals surface area (Å²) in [5, 5.41) is 11.1. The molecule has 0 radical (unpaired) electrons. The Hall–Kier alpha value is -3.33. The Bertz CT molecular complexity index is 1120. The molecule has 0 fully saturated rings. The SMILES string of the molecule is CCCN(Cc1nnc(-c2ccccc2Cl)o1)C(=O)CCCNC(=O)c1ccc(F)cc1F. The molecule has 3 aromatic rings. The zero-order chi connectivity index (χ0) is 23.8. The largest absolute Gasteiger partial charge is 0.419 e. The summed E-state index contributed by atoms with van der Waals surface area (Å²) in [4.78, 5) is 26.3. The van der Waals surface area contributed by atoms with Crippen molar-refractivity contribution in [2.75, 3.05) is 13.1 Å². The number of nitrogens with one attached hydrogen (secondary N) is 1. The van der Waals surface area contributed by atoms with E-state index in [-0.39, 0.29) is 42.8 Å². The number of halogens is 3. The molecular weight excluding hydrogens is 454 g/mol. The van der Waals surface area contributed by atoms with Crippen LogP contribution in [0.4, 0.5) is 8.78 Å². The van der Waals surface area contributed by atoms with Gasteiger partial charge in [0.2, 0.25) is 17.7 Å². The molecule has 2 amide bonds. The lowest BCUT2D eigenvalue weighted by Crippen LogP contribution is -2.32. The highest BCUT2D eigenvalue weighted by Crippen LogP contribution is 2.26. The number of aromatic nitrogens is 2. The molecule has 1 heterocycles. The standard InChI is InChI=1S/C23H23ClF2N4O3/c1-2-12-30(14-20-28-29-23(33-20)16-6-3-4-7-18(16)24)21(31)8-5-11-27-22(32)17-10-9-15(25)13-19(17)26/h3-4,6-7,9-10,13H,2,5,8,11-12,14H2,1H3,(H,27,32). The zero-order valence-corrected chi connectivity index (χ0v) is 18.7. The number of rotatable bonds is 10. The molecule has 0 aliphatic carbocycles. The van der Waals surface area contributed by atoms with Gasteiger partial charge in [0.25, 0.3) is 5.91 Å². The van der Waals surface area contributed by atoms with Crippen molar-refractivity contribution < 1.29 is 22.8 Å². The third kappa shape index (κ3) is 6.58. The van der Waals surface area contributed by atoms with Gasteiger partial charge in [0.15, 0.2) is 0 Å². The number of carbonyl (C=O) groups excluding carboxylic acids is 2. The van der Waals surface area contributed by atoms with Gasteiger partial charge in [-0.15, -0.1) is 10.2 Å². The highest BCUT2D eigenvalue weighted by Gasteiger charge is 2.18. The Morgan fingerprint density at radius 1 is 1.15 bits per heavy atom. The lowest BCUT2D eigenvalue weighted by atomic mass is 10.2. The van der Waals surface area contributed by atoms with E-state index < -0.39 is 17.5 Å². The van der Waals surface area contributed by atoms with Gasteiger partial charge in [-0.1, -0.05) is 30.7 Å². The van der Waals surface area contributed by atoms with E-state index in [1.807, 2.05) is 6.92 Å². The Morgan fingerprint density at radius 3 is 2.67 bits per heavy atom. The van der Waals surface area contributed by atoms with Gasteiger partial charge in [0.05, 0.1) is 22.7 Å². The molecule has 0 aliphatic heterocycles. The first-order chi connectivity index (χ1) is 15.9. The molecule has 1 aromatic heterocycles. The molecule has 0 saturated heterocycles. The van der Waals surface area contributed by atoms with Gasteiger partial charge in [-0.25, -0.2) is 8.78 Å². The molecule has 0 aliphatic rings. The van der Waals surface area contributed by atoms with Crippen molar-refractivity contribution in [2.45, 2.75) is 32.7 Å². The van der Waals surface area contributed by atoms with Crippen LogP contribution in [0.5, 0.6) is 0 Å². The van der Waals surface area contributed by atoms with Crippen molar-refractivity contribution in [2.24, 2.45) is 0 Å². The number of hydrogen-bond acceptors (Lipinski definition) is 5. The van der Waals surface area contributed by atoms with Crippen LogP contribution in [0.15, 0.2) is 46.9 Å². The van der Waals surface area contributed by atoms with Crippen molar-refractivity contribution in [1.29, 1.82) is 0 Å². The van der Waals surface area contributed by atoms with E-state index in [4.69, 9.17) is 16.0 Å². The Kier molecular flexibility index (Phi) is 8.48. The molecule has 0 unspecified atom stereocenters. The van der Waals surface area contributed by atoms with Crippen molar-refractivity contribution in [3.05, 3.63) is 70.6 Å². The van der Waals surface area contributed by atoms with Crippen molar-refractivity contribution >= 4 is 23.4 Å². The van der Waals surface area contributed by atoms with Crippen LogP contribution in [0, 0.1) is 11.6 Å². The fourth-order valence-corrected chi connectivity index (χ4v) is 3.37. The quantitative estimate of drug-likeness (QED) is 0.431. The minimum absolute atomic E-state index is 0.142. The molecule has 33 heavy (non-hydrogen) atoms. The Balaban J connectivity index is 1.52. The van der Waals surface area contributed by atoms with E-state index in [1.54, 1.807) is 29.2 Å². The molecule has 1 N–H and O–H groups in total. The fraction of sp³-hybridized carbons (Fsp3) is 0.304. The first kappa shape index (κ1) is 24.3. The van der Waals surface area contributed by atoms with E-state index >= 15 is 0 Å². The number of nitrogens with zero attached hydrogens (tertiary/aromatic N) is 3. The predicted octanol–water partition coefficient (Wildman–Crippen LogP) is 4.62. The summed E-state index contributed by atoms with van der Waals surface area (Å²) in [6, 6.07) is 9.83. The maximum atomic E-state index is 13.7. The van der Waals surface area contributed by atoms with Gasteiger partial charge in [-0.2, -0.15) is 0 Å². The molecular formula is C23H23ClF2N4O3. The van der Waals surface area contributed by atoms with Crippen molar-refractivity contribution in [3.8, 4) is 11.5 Å². The summed E-state index contributed by atoms with van der Waals surface area (Å²) < 4.78 is 32.3. The van der Waals surface area contributed by atoms with Crippen LogP contribution in [0.1, 0.15) is 42.4 Å². The van der Waals surface area contributed by atoms with Crippen LogP contribution in [0.2, 0.25) is 5.02 Å². The van der Waals surface area contributed by atoms with Gasteiger partial charge in [0.1, 0.15) is 11.6 Å². The summed E-state index contributed by atoms with van der Waals surface area (Å²) in [6.45, 7) is 2.76. The van der Waals surface area contributed by atoms with Crippen LogP contribution in [-0.2, 0) is 11.3 Å². The monoisotopic (exact) mass is 476 g/mol. The molecule has 7 nitrogen and oxygen atoms in total. The van der Waals surface area contributed by atoms with Crippen LogP contribution in [0.25, 0.3) is 11.5 Å². The zero-order valence-electron chi connectivity index (χ0n) is 18.0. The second-order valence-electron chi connectivity index (χ2n) is 7.28. The molecule has 0 spiro atoms. The first-order valence-corrected chi connectivity index (χ1v) is 10.8. The number of benzene rings is 2. The van der Waals surface area contributed by atoms with Crippen molar-refractivity contribution in [3.63, 3.8) is 0 Å². The molecule has 2 aromatic carbocycles. The summed E-state index contributed by atoms with van der Waals surface area (Å²) in [6.07, 6.45) is 1.25. The van der Waals surface area contributed by atoms with E-state index in [9.17, 15) is 18.4 Å². The average molecular weight is 477 g/mol. The van der Waals surface area contributed by atoms with Crippen LogP contribution < -0.4 is 5.32 Å². The smallest absolute Gasteiger partial charge is 0.254 e. The van der Waals surface area contributed by atoms with Gasteiger partial charge in [-0.05, 0) is 37.1 Å². The third-order valence-corrected chi connectivity index (χ3v) is 5.10. The topological polar surface area (TPSA) is 88.3 Å². The minimum atomic E-state index is -0.937. The first-order valence-electron chi connectivity index (χ1n) is 10.5. The average Bonchev–Trinajstić information content (AvgIpc) is 3.24. The third-order valence-electron chi connectivity index (χ3n) is 4.77. The second-order valence-corrected chi connectivity index (χ2v) is 7.69. The van der Waals surface area contributed by atoms with Gasteiger partial charge >= 0.3 is 0 Å². The minimum Gasteiger partial charge on any atom is -0.419 e. The molecule has 10 heteroatoms. The van der Waals surface area contributed by atoms with Crippen LogP contribution in [0.3, 0.4) is 0 Å². The summed E-state index contributed by atoms with van der Waals surface area (Å²) in [5.41, 5.74) is 0.362. The molecule has 0 saturated carbocycles. The second kappa shape index (κ2) is 11.5. The summed E-state index contributed by atoms with van der Waals surface area (Å²) >= 11 is 6.16. The van der Waals surface area contributed by atoms with Gasteiger partial charge in [-0.3, -0.25) is 9.59 Å². The van der Waals surface area contributed by atoms with Crippen LogP contribution in [-0.4, -0.2) is 40.0 Å². The van der Waals surface area contributed by atoms with Gasteiger partial charge < -0.3 is 14.6 Å².